The van der Waals surface area contributed by atoms with Gasteiger partial charge in [0, 0.05) is 5.92 Å². The molecule has 0 spiro atoms. The van der Waals surface area contributed by atoms with Crippen LogP contribution >= 0.6 is 0 Å². The van der Waals surface area contributed by atoms with Gasteiger partial charge in [0.25, 0.3) is 0 Å². The minimum Gasteiger partial charge on any atom is -0.494 e. The summed E-state index contributed by atoms with van der Waals surface area (Å²) in [5.41, 5.74) is 4.49. The molecular formula is C37H60O. The van der Waals surface area contributed by atoms with Crippen LogP contribution in [0, 0.1) is 0 Å². The van der Waals surface area contributed by atoms with Gasteiger partial charge in [-0.25, -0.2) is 0 Å². The van der Waals surface area contributed by atoms with E-state index in [2.05, 4.69) is 83.1 Å². The molecule has 0 saturated heterocycles. The molecule has 214 valence electrons. The maximum atomic E-state index is 6.10. The van der Waals surface area contributed by atoms with E-state index in [4.69, 9.17) is 4.74 Å². The molecule has 1 unspecified atom stereocenters. The van der Waals surface area contributed by atoms with E-state index in [1.807, 2.05) is 0 Å². The molecule has 0 saturated carbocycles. The summed E-state index contributed by atoms with van der Waals surface area (Å²) in [5.74, 6) is 1.48. The Morgan fingerprint density at radius 1 is 0.526 bits per heavy atom. The topological polar surface area (TPSA) is 9.23 Å². The van der Waals surface area contributed by atoms with Gasteiger partial charge in [0.05, 0.1) is 6.61 Å². The van der Waals surface area contributed by atoms with E-state index in [1.54, 1.807) is 0 Å². The van der Waals surface area contributed by atoms with Crippen LogP contribution in [0.5, 0.6) is 5.75 Å². The molecule has 0 bridgehead atoms. The van der Waals surface area contributed by atoms with Crippen molar-refractivity contribution in [2.75, 3.05) is 6.61 Å². The third-order valence-electron chi connectivity index (χ3n) is 8.07. The Bertz CT molecular complexity index is 811. The van der Waals surface area contributed by atoms with Gasteiger partial charge in [-0.15, -0.1) is 0 Å². The van der Waals surface area contributed by atoms with E-state index in [1.165, 1.54) is 119 Å². The average Bonchev–Trinajstić information content (AvgIpc) is 2.91. The molecule has 0 radical (unpaired) electrons. The van der Waals surface area contributed by atoms with Crippen LogP contribution in [0.4, 0.5) is 0 Å². The van der Waals surface area contributed by atoms with Gasteiger partial charge in [-0.3, -0.25) is 0 Å². The van der Waals surface area contributed by atoms with E-state index in [-0.39, 0.29) is 5.41 Å². The summed E-state index contributed by atoms with van der Waals surface area (Å²) >= 11 is 0. The molecule has 0 N–H and O–H groups in total. The van der Waals surface area contributed by atoms with Crippen molar-refractivity contribution in [2.45, 2.75) is 155 Å². The van der Waals surface area contributed by atoms with Gasteiger partial charge in [-0.05, 0) is 47.1 Å². The molecule has 2 aromatic rings. The van der Waals surface area contributed by atoms with Crippen molar-refractivity contribution in [1.29, 1.82) is 0 Å². The highest BCUT2D eigenvalue weighted by Gasteiger charge is 2.17. The third-order valence-corrected chi connectivity index (χ3v) is 8.07. The van der Waals surface area contributed by atoms with E-state index in [0.717, 1.165) is 18.8 Å². The lowest BCUT2D eigenvalue weighted by Crippen LogP contribution is -2.11. The zero-order chi connectivity index (χ0) is 27.5. The summed E-state index contributed by atoms with van der Waals surface area (Å²) in [6, 6.07) is 18.5. The minimum absolute atomic E-state index is 0.194. The zero-order valence-electron chi connectivity index (χ0n) is 25.8. The predicted molar refractivity (Wildman–Crippen MR) is 169 cm³/mol. The fourth-order valence-corrected chi connectivity index (χ4v) is 5.45. The summed E-state index contributed by atoms with van der Waals surface area (Å²) in [4.78, 5) is 0. The number of hydrogen-bond acceptors (Lipinski definition) is 1. The Morgan fingerprint density at radius 3 is 1.42 bits per heavy atom. The van der Waals surface area contributed by atoms with E-state index < -0.39 is 0 Å². The minimum atomic E-state index is 0.194. The number of ether oxygens (including phenoxy) is 1. The lowest BCUT2D eigenvalue weighted by Gasteiger charge is -2.22. The van der Waals surface area contributed by atoms with Crippen molar-refractivity contribution in [3.8, 4) is 5.75 Å². The van der Waals surface area contributed by atoms with Crippen LogP contribution < -0.4 is 4.74 Å². The second-order valence-electron chi connectivity index (χ2n) is 12.6. The van der Waals surface area contributed by atoms with E-state index in [9.17, 15) is 0 Å². The number of unbranched alkanes of at least 4 members (excludes halogenated alkanes) is 14. The highest BCUT2D eigenvalue weighted by atomic mass is 16.5. The Labute approximate surface area is 237 Å². The van der Waals surface area contributed by atoms with Crippen LogP contribution in [-0.4, -0.2) is 6.61 Å². The fraction of sp³-hybridized carbons (Fsp3) is 0.676. The van der Waals surface area contributed by atoms with Gasteiger partial charge in [-0.2, -0.15) is 0 Å². The smallest absolute Gasteiger partial charge is 0.119 e. The molecule has 0 aliphatic rings. The summed E-state index contributed by atoms with van der Waals surface area (Å²) in [5, 5.41) is 0. The van der Waals surface area contributed by atoms with Crippen LogP contribution in [0.25, 0.3) is 0 Å². The van der Waals surface area contributed by atoms with Gasteiger partial charge in [-0.1, -0.05) is 167 Å². The average molecular weight is 521 g/mol. The van der Waals surface area contributed by atoms with E-state index >= 15 is 0 Å². The molecular weight excluding hydrogens is 460 g/mol. The first-order valence-electron chi connectivity index (χ1n) is 16.3. The van der Waals surface area contributed by atoms with Crippen molar-refractivity contribution in [3.63, 3.8) is 0 Å². The van der Waals surface area contributed by atoms with Crippen LogP contribution in [0.15, 0.2) is 48.5 Å². The molecule has 1 atom stereocenters. The molecule has 2 aromatic carbocycles. The Kier molecular flexibility index (Phi) is 16.5. The van der Waals surface area contributed by atoms with E-state index in [0.29, 0.717) is 5.92 Å². The lowest BCUT2D eigenvalue weighted by molar-refractivity contribution is 0.304. The van der Waals surface area contributed by atoms with Crippen LogP contribution in [0.1, 0.15) is 166 Å². The molecule has 0 aliphatic carbocycles. The Hall–Kier alpha value is -1.76. The summed E-state index contributed by atoms with van der Waals surface area (Å²) in [7, 11) is 0. The van der Waals surface area contributed by atoms with Gasteiger partial charge >= 0.3 is 0 Å². The highest BCUT2D eigenvalue weighted by Crippen LogP contribution is 2.33. The second kappa shape index (κ2) is 19.3. The van der Waals surface area contributed by atoms with Crippen LogP contribution in [0.3, 0.4) is 0 Å². The van der Waals surface area contributed by atoms with Gasteiger partial charge in [0.15, 0.2) is 0 Å². The maximum absolute atomic E-state index is 6.10. The first-order chi connectivity index (χ1) is 18.5. The monoisotopic (exact) mass is 520 g/mol. The molecule has 2 rings (SSSR count). The van der Waals surface area contributed by atoms with Crippen molar-refractivity contribution >= 4 is 0 Å². The molecule has 0 heterocycles. The molecule has 0 aromatic heterocycles. The number of rotatable bonds is 21. The number of hydrogen-bond donors (Lipinski definition) is 0. The maximum Gasteiger partial charge on any atom is 0.119 e. The quantitative estimate of drug-likeness (QED) is 0.149. The Morgan fingerprint density at radius 2 is 0.947 bits per heavy atom. The molecule has 38 heavy (non-hydrogen) atoms. The van der Waals surface area contributed by atoms with Crippen LogP contribution in [-0.2, 0) is 5.41 Å². The normalized spacial score (nSPS) is 12.6. The first-order valence-corrected chi connectivity index (χ1v) is 16.3. The van der Waals surface area contributed by atoms with Gasteiger partial charge in [0.1, 0.15) is 5.75 Å². The van der Waals surface area contributed by atoms with Gasteiger partial charge < -0.3 is 4.74 Å². The summed E-state index contributed by atoms with van der Waals surface area (Å²) in [6.07, 6.45) is 22.9. The van der Waals surface area contributed by atoms with Crippen molar-refractivity contribution in [1.82, 2.24) is 0 Å². The standard InChI is InChI=1S/C37H60O/c1-6-8-10-12-14-16-18-20-22-36(32-23-27-34(28-24-32)37(3,4)5)33-25-29-35(30-26-33)38-31-21-19-17-15-13-11-9-7-2/h23-30,36H,6-22,31H2,1-5H3. The third kappa shape index (κ3) is 13.3. The molecule has 1 heteroatoms. The highest BCUT2D eigenvalue weighted by molar-refractivity contribution is 5.38. The summed E-state index contributed by atoms with van der Waals surface area (Å²) in [6.45, 7) is 12.3. The van der Waals surface area contributed by atoms with Crippen molar-refractivity contribution in [3.05, 3.63) is 65.2 Å². The second-order valence-corrected chi connectivity index (χ2v) is 12.6. The van der Waals surface area contributed by atoms with Crippen molar-refractivity contribution in [2.24, 2.45) is 0 Å². The molecule has 0 fully saturated rings. The predicted octanol–water partition coefficient (Wildman–Crippen LogP) is 12.2. The fourth-order valence-electron chi connectivity index (χ4n) is 5.45. The lowest BCUT2D eigenvalue weighted by atomic mass is 9.83. The summed E-state index contributed by atoms with van der Waals surface area (Å²) < 4.78 is 6.10. The van der Waals surface area contributed by atoms with Gasteiger partial charge in [0.2, 0.25) is 0 Å². The molecule has 0 amide bonds. The molecule has 1 nitrogen and oxygen atoms in total. The largest absolute Gasteiger partial charge is 0.494 e. The molecule has 0 aliphatic heterocycles. The van der Waals surface area contributed by atoms with Crippen molar-refractivity contribution < 1.29 is 4.74 Å². The Balaban J connectivity index is 1.88. The van der Waals surface area contributed by atoms with Crippen LogP contribution in [0.2, 0.25) is 0 Å². The number of benzene rings is 2. The first kappa shape index (κ1) is 32.5. The SMILES string of the molecule is CCCCCCCCCCOc1ccc(C(CCCCCCCCCC)c2ccc(C(C)(C)C)cc2)cc1. The zero-order valence-corrected chi connectivity index (χ0v) is 25.8.